The zero-order valence-corrected chi connectivity index (χ0v) is 10.7. The smallest absolute Gasteiger partial charge is 0.281 e. The van der Waals surface area contributed by atoms with E-state index >= 15 is 0 Å². The van der Waals surface area contributed by atoms with Gasteiger partial charge in [0.25, 0.3) is 0 Å². The van der Waals surface area contributed by atoms with Crippen LogP contribution in [0.15, 0.2) is 35.4 Å². The lowest BCUT2D eigenvalue weighted by Crippen LogP contribution is -2.24. The number of amides is 2. The Balaban J connectivity index is 1.85. The largest absolute Gasteiger partial charge is 0.341 e. The minimum atomic E-state index is -0.472. The summed E-state index contributed by atoms with van der Waals surface area (Å²) in [6.07, 6.45) is 1.55. The van der Waals surface area contributed by atoms with E-state index in [4.69, 9.17) is 12.2 Å². The maximum atomic E-state index is 11.4. The van der Waals surface area contributed by atoms with Gasteiger partial charge in [0.15, 0.2) is 3.95 Å². The van der Waals surface area contributed by atoms with Gasteiger partial charge in [0, 0.05) is 0 Å². The number of carbonyl (C=O) groups excluding carboxylic acids is 1. The molecular formula is C10H9N5OS2. The number of benzene rings is 1. The average molecular weight is 279 g/mol. The summed E-state index contributed by atoms with van der Waals surface area (Å²) in [6.45, 7) is 0. The van der Waals surface area contributed by atoms with Gasteiger partial charge in [-0.1, -0.05) is 41.7 Å². The number of urea groups is 1. The molecule has 2 rings (SSSR count). The van der Waals surface area contributed by atoms with Crippen molar-refractivity contribution in [3.63, 3.8) is 0 Å². The summed E-state index contributed by atoms with van der Waals surface area (Å²) in [6, 6.07) is 8.96. The average Bonchev–Trinajstić information content (AvgIpc) is 2.76. The van der Waals surface area contributed by atoms with Crippen LogP contribution in [0.3, 0.4) is 0 Å². The van der Waals surface area contributed by atoms with Crippen molar-refractivity contribution in [3.05, 3.63) is 39.8 Å². The van der Waals surface area contributed by atoms with E-state index in [2.05, 4.69) is 26.0 Å². The molecule has 92 valence electrons. The van der Waals surface area contributed by atoms with E-state index in [0.29, 0.717) is 9.09 Å². The number of aromatic amines is 1. The molecule has 0 fully saturated rings. The molecule has 0 atom stereocenters. The first-order chi connectivity index (χ1) is 8.74. The van der Waals surface area contributed by atoms with Crippen LogP contribution < -0.4 is 10.7 Å². The molecule has 0 spiro atoms. The fourth-order valence-corrected chi connectivity index (χ4v) is 1.90. The second kappa shape index (κ2) is 6.03. The van der Waals surface area contributed by atoms with Gasteiger partial charge in [-0.15, -0.1) is 5.10 Å². The first-order valence-corrected chi connectivity index (χ1v) is 6.17. The molecule has 2 aromatic rings. The third-order valence-corrected chi connectivity index (χ3v) is 2.84. The van der Waals surface area contributed by atoms with Crippen molar-refractivity contribution in [1.82, 2.24) is 15.6 Å². The molecule has 1 heterocycles. The maximum Gasteiger partial charge on any atom is 0.341 e. The van der Waals surface area contributed by atoms with E-state index in [-0.39, 0.29) is 0 Å². The van der Waals surface area contributed by atoms with Gasteiger partial charge in [-0.05, 0) is 17.8 Å². The Morgan fingerprint density at radius 1 is 1.44 bits per heavy atom. The third-order valence-electron chi connectivity index (χ3n) is 1.84. The minimum Gasteiger partial charge on any atom is -0.281 e. The Bertz CT molecular complexity index is 604. The van der Waals surface area contributed by atoms with E-state index in [1.807, 2.05) is 30.3 Å². The summed E-state index contributed by atoms with van der Waals surface area (Å²) in [5.74, 6) is 0. The molecule has 6 nitrogen and oxygen atoms in total. The van der Waals surface area contributed by atoms with Crippen molar-refractivity contribution < 1.29 is 4.79 Å². The lowest BCUT2D eigenvalue weighted by Gasteiger charge is -1.98. The molecule has 1 aromatic heterocycles. The number of hydrogen-bond donors (Lipinski definition) is 3. The van der Waals surface area contributed by atoms with Crippen LogP contribution >= 0.6 is 23.6 Å². The molecule has 8 heteroatoms. The van der Waals surface area contributed by atoms with Gasteiger partial charge in [-0.3, -0.25) is 10.4 Å². The van der Waals surface area contributed by atoms with Gasteiger partial charge >= 0.3 is 6.03 Å². The van der Waals surface area contributed by atoms with E-state index < -0.39 is 6.03 Å². The van der Waals surface area contributed by atoms with Crippen LogP contribution in [0.5, 0.6) is 0 Å². The van der Waals surface area contributed by atoms with Crippen molar-refractivity contribution in [2.45, 2.75) is 0 Å². The lowest BCUT2D eigenvalue weighted by molar-refractivity contribution is 0.252. The third kappa shape index (κ3) is 3.75. The predicted molar refractivity (Wildman–Crippen MR) is 73.5 cm³/mol. The molecular weight excluding hydrogens is 270 g/mol. The molecule has 1 aromatic carbocycles. The van der Waals surface area contributed by atoms with E-state index in [1.54, 1.807) is 6.21 Å². The number of hydrogen-bond acceptors (Lipinski definition) is 5. The molecule has 2 amide bonds. The van der Waals surface area contributed by atoms with Crippen LogP contribution in [0.1, 0.15) is 5.56 Å². The molecule has 0 aliphatic heterocycles. The van der Waals surface area contributed by atoms with E-state index in [9.17, 15) is 4.79 Å². The van der Waals surface area contributed by atoms with Crippen LogP contribution in [-0.4, -0.2) is 22.4 Å². The highest BCUT2D eigenvalue weighted by atomic mass is 32.1. The first-order valence-electron chi connectivity index (χ1n) is 4.94. The normalized spacial score (nSPS) is 10.4. The van der Waals surface area contributed by atoms with Crippen molar-refractivity contribution >= 4 is 40.9 Å². The Morgan fingerprint density at radius 2 is 2.22 bits per heavy atom. The molecule has 0 aliphatic carbocycles. The predicted octanol–water partition coefficient (Wildman–Crippen LogP) is 2.36. The van der Waals surface area contributed by atoms with E-state index in [0.717, 1.165) is 5.56 Å². The number of aromatic nitrogens is 2. The summed E-state index contributed by atoms with van der Waals surface area (Å²) in [5, 5.41) is 13.0. The van der Waals surface area contributed by atoms with Crippen LogP contribution in [0, 0.1) is 3.95 Å². The number of hydrazone groups is 1. The molecule has 18 heavy (non-hydrogen) atoms. The van der Waals surface area contributed by atoms with Gasteiger partial charge in [0.1, 0.15) is 0 Å². The highest BCUT2D eigenvalue weighted by Crippen LogP contribution is 2.09. The monoisotopic (exact) mass is 279 g/mol. The lowest BCUT2D eigenvalue weighted by atomic mass is 10.2. The number of rotatable bonds is 3. The number of H-pyrrole nitrogens is 1. The molecule has 0 radical (unpaired) electrons. The maximum absolute atomic E-state index is 11.4. The first kappa shape index (κ1) is 12.4. The standard InChI is InChI=1S/C10H9N5OS2/c16-8(12-9-14-15-10(17)18-9)13-11-6-7-4-2-1-3-5-7/h1-6H,(H,15,17)(H2,12,13,14,16)/b11-6-. The summed E-state index contributed by atoms with van der Waals surface area (Å²) < 4.78 is 0.498. The SMILES string of the molecule is O=C(N/N=C\c1ccccc1)Nc1n[nH]c(=S)s1. The summed E-state index contributed by atoms with van der Waals surface area (Å²) in [5.41, 5.74) is 3.22. The van der Waals surface area contributed by atoms with E-state index in [1.165, 1.54) is 11.3 Å². The number of nitrogens with zero attached hydrogens (tertiary/aromatic N) is 2. The quantitative estimate of drug-likeness (QED) is 0.458. The van der Waals surface area contributed by atoms with Gasteiger partial charge < -0.3 is 0 Å². The highest BCUT2D eigenvalue weighted by molar-refractivity contribution is 7.73. The molecule has 3 N–H and O–H groups in total. The van der Waals surface area contributed by atoms with Crippen molar-refractivity contribution in [1.29, 1.82) is 0 Å². The van der Waals surface area contributed by atoms with Crippen LogP contribution in [0.4, 0.5) is 9.93 Å². The highest BCUT2D eigenvalue weighted by Gasteiger charge is 2.02. The van der Waals surface area contributed by atoms with Crippen LogP contribution in [0.25, 0.3) is 0 Å². The molecule has 0 bridgehead atoms. The molecule has 0 saturated carbocycles. The fourth-order valence-electron chi connectivity index (χ4n) is 1.11. The Hall–Kier alpha value is -2.06. The minimum absolute atomic E-state index is 0.396. The van der Waals surface area contributed by atoms with Crippen LogP contribution in [0.2, 0.25) is 0 Å². The number of anilines is 1. The van der Waals surface area contributed by atoms with Gasteiger partial charge in [0.2, 0.25) is 5.13 Å². The van der Waals surface area contributed by atoms with Crippen LogP contribution in [-0.2, 0) is 0 Å². The molecule has 0 saturated heterocycles. The summed E-state index contributed by atoms with van der Waals surface area (Å²) in [4.78, 5) is 11.4. The zero-order valence-electron chi connectivity index (χ0n) is 9.08. The molecule has 0 unspecified atom stereocenters. The second-order valence-corrected chi connectivity index (χ2v) is 4.82. The summed E-state index contributed by atoms with van der Waals surface area (Å²) >= 11 is 6.01. The molecule has 0 aliphatic rings. The van der Waals surface area contributed by atoms with Crippen molar-refractivity contribution in [2.24, 2.45) is 5.10 Å². The number of nitrogens with one attached hydrogen (secondary N) is 3. The van der Waals surface area contributed by atoms with Crippen molar-refractivity contribution in [3.8, 4) is 0 Å². The van der Waals surface area contributed by atoms with Crippen molar-refractivity contribution in [2.75, 3.05) is 5.32 Å². The Morgan fingerprint density at radius 3 is 2.89 bits per heavy atom. The number of carbonyl (C=O) groups is 1. The Labute approximate surface area is 112 Å². The second-order valence-electron chi connectivity index (χ2n) is 3.15. The topological polar surface area (TPSA) is 82.2 Å². The zero-order chi connectivity index (χ0) is 12.8. The van der Waals surface area contributed by atoms with Gasteiger partial charge in [-0.25, -0.2) is 10.2 Å². The summed E-state index contributed by atoms with van der Waals surface area (Å²) in [7, 11) is 0. The fraction of sp³-hybridized carbons (Fsp3) is 0. The van der Waals surface area contributed by atoms with Gasteiger partial charge in [0.05, 0.1) is 6.21 Å². The Kier molecular flexibility index (Phi) is 4.15. The van der Waals surface area contributed by atoms with Gasteiger partial charge in [-0.2, -0.15) is 5.10 Å².